The average molecular weight is 464 g/mol. The molecule has 0 unspecified atom stereocenters. The molecule has 8 heteroatoms. The Labute approximate surface area is 198 Å². The molecule has 2 heterocycles. The standard InChI is InChI=1S/C25H29N5O2S/c1-19(31)28-25-27-16-23(33-25)17-29-11-13-30(14-12-29)18-24(32)26-15-20-7-9-22(10-8-20)21-5-3-2-4-6-21/h2-10,16H,11-15,17-18H2,1H3,(H,26,32)(H,27,28,31). The summed E-state index contributed by atoms with van der Waals surface area (Å²) >= 11 is 1.51. The molecule has 33 heavy (non-hydrogen) atoms. The number of benzene rings is 2. The lowest BCUT2D eigenvalue weighted by Crippen LogP contribution is -2.48. The number of carbonyl (C=O) groups excluding carboxylic acids is 2. The second-order valence-electron chi connectivity index (χ2n) is 8.20. The molecule has 0 aliphatic carbocycles. The lowest BCUT2D eigenvalue weighted by molar-refractivity contribution is -0.122. The predicted octanol–water partition coefficient (Wildman–Crippen LogP) is 3.20. The van der Waals surface area contributed by atoms with Crippen LogP contribution in [0.3, 0.4) is 0 Å². The molecule has 4 rings (SSSR count). The molecule has 7 nitrogen and oxygen atoms in total. The summed E-state index contributed by atoms with van der Waals surface area (Å²) in [6.07, 6.45) is 1.82. The lowest BCUT2D eigenvalue weighted by Gasteiger charge is -2.33. The van der Waals surface area contributed by atoms with Crippen LogP contribution in [0.1, 0.15) is 17.4 Å². The highest BCUT2D eigenvalue weighted by atomic mass is 32.1. The lowest BCUT2D eigenvalue weighted by atomic mass is 10.0. The van der Waals surface area contributed by atoms with Gasteiger partial charge in [-0.2, -0.15) is 0 Å². The van der Waals surface area contributed by atoms with Gasteiger partial charge < -0.3 is 10.6 Å². The van der Waals surface area contributed by atoms with Crippen LogP contribution in [0.2, 0.25) is 0 Å². The number of amides is 2. The zero-order valence-corrected chi connectivity index (χ0v) is 19.6. The highest BCUT2D eigenvalue weighted by Crippen LogP contribution is 2.21. The number of aromatic nitrogens is 1. The van der Waals surface area contributed by atoms with Gasteiger partial charge in [0.2, 0.25) is 11.8 Å². The Kier molecular flexibility index (Phi) is 7.83. The molecular weight excluding hydrogens is 434 g/mol. The van der Waals surface area contributed by atoms with Gasteiger partial charge in [0.25, 0.3) is 0 Å². The largest absolute Gasteiger partial charge is 0.351 e. The van der Waals surface area contributed by atoms with E-state index in [4.69, 9.17) is 0 Å². The maximum absolute atomic E-state index is 12.4. The number of anilines is 1. The van der Waals surface area contributed by atoms with Crippen LogP contribution < -0.4 is 10.6 Å². The van der Waals surface area contributed by atoms with Gasteiger partial charge in [-0.1, -0.05) is 54.6 Å². The third-order valence-electron chi connectivity index (χ3n) is 5.60. The molecular formula is C25H29N5O2S. The van der Waals surface area contributed by atoms with Crippen molar-refractivity contribution in [2.75, 3.05) is 38.0 Å². The first-order valence-corrected chi connectivity index (χ1v) is 11.9. The minimum absolute atomic E-state index is 0.0537. The molecule has 1 aliphatic heterocycles. The number of rotatable bonds is 8. The van der Waals surface area contributed by atoms with E-state index >= 15 is 0 Å². The average Bonchev–Trinajstić information content (AvgIpc) is 3.26. The van der Waals surface area contributed by atoms with Crippen molar-refractivity contribution in [2.24, 2.45) is 0 Å². The van der Waals surface area contributed by atoms with Crippen LogP contribution in [0.25, 0.3) is 11.1 Å². The van der Waals surface area contributed by atoms with E-state index in [0.717, 1.165) is 43.2 Å². The number of piperazine rings is 1. The molecule has 1 aliphatic rings. The molecule has 0 radical (unpaired) electrons. The first kappa shape index (κ1) is 23.1. The summed E-state index contributed by atoms with van der Waals surface area (Å²) < 4.78 is 0. The Morgan fingerprint density at radius 3 is 2.30 bits per heavy atom. The van der Waals surface area contributed by atoms with Gasteiger partial charge in [0, 0.05) is 57.3 Å². The van der Waals surface area contributed by atoms with Crippen molar-refractivity contribution in [3.05, 3.63) is 71.2 Å². The highest BCUT2D eigenvalue weighted by Gasteiger charge is 2.19. The van der Waals surface area contributed by atoms with Gasteiger partial charge in [0.1, 0.15) is 0 Å². The summed E-state index contributed by atoms with van der Waals surface area (Å²) in [4.78, 5) is 33.5. The number of hydrogen-bond donors (Lipinski definition) is 2. The van der Waals surface area contributed by atoms with Crippen molar-refractivity contribution in [3.8, 4) is 11.1 Å². The summed E-state index contributed by atoms with van der Waals surface area (Å²) in [7, 11) is 0. The van der Waals surface area contributed by atoms with E-state index in [-0.39, 0.29) is 11.8 Å². The van der Waals surface area contributed by atoms with Crippen molar-refractivity contribution in [1.29, 1.82) is 0 Å². The van der Waals surface area contributed by atoms with Gasteiger partial charge in [-0.05, 0) is 16.7 Å². The zero-order valence-electron chi connectivity index (χ0n) is 18.8. The summed E-state index contributed by atoms with van der Waals surface area (Å²) in [5.74, 6) is -0.0509. The van der Waals surface area contributed by atoms with Crippen molar-refractivity contribution in [2.45, 2.75) is 20.0 Å². The van der Waals surface area contributed by atoms with E-state index in [9.17, 15) is 9.59 Å². The predicted molar refractivity (Wildman–Crippen MR) is 132 cm³/mol. The van der Waals surface area contributed by atoms with E-state index in [1.807, 2.05) is 24.4 Å². The van der Waals surface area contributed by atoms with Gasteiger partial charge in [-0.3, -0.25) is 19.4 Å². The molecule has 2 amide bonds. The molecule has 1 fully saturated rings. The molecule has 0 spiro atoms. The van der Waals surface area contributed by atoms with Crippen molar-refractivity contribution < 1.29 is 9.59 Å². The second-order valence-corrected chi connectivity index (χ2v) is 9.32. The van der Waals surface area contributed by atoms with Crippen LogP contribution in [-0.4, -0.2) is 59.3 Å². The Morgan fingerprint density at radius 2 is 1.61 bits per heavy atom. The van der Waals surface area contributed by atoms with Crippen LogP contribution in [0.4, 0.5) is 5.13 Å². The van der Waals surface area contributed by atoms with Crippen LogP contribution in [-0.2, 0) is 22.7 Å². The van der Waals surface area contributed by atoms with E-state index in [1.165, 1.54) is 29.4 Å². The highest BCUT2D eigenvalue weighted by molar-refractivity contribution is 7.15. The van der Waals surface area contributed by atoms with E-state index in [2.05, 4.69) is 61.8 Å². The molecule has 3 aromatic rings. The molecule has 1 saturated heterocycles. The summed E-state index contributed by atoms with van der Waals surface area (Å²) in [5, 5.41) is 6.40. The zero-order chi connectivity index (χ0) is 23.0. The number of hydrogen-bond acceptors (Lipinski definition) is 6. The van der Waals surface area contributed by atoms with Gasteiger partial charge >= 0.3 is 0 Å². The topological polar surface area (TPSA) is 77.6 Å². The quantitative estimate of drug-likeness (QED) is 0.537. The molecule has 172 valence electrons. The van der Waals surface area contributed by atoms with Crippen LogP contribution in [0.5, 0.6) is 0 Å². The van der Waals surface area contributed by atoms with Crippen LogP contribution in [0.15, 0.2) is 60.8 Å². The fourth-order valence-corrected chi connectivity index (χ4v) is 4.72. The van der Waals surface area contributed by atoms with E-state index < -0.39 is 0 Å². The summed E-state index contributed by atoms with van der Waals surface area (Å²) in [6.45, 7) is 6.78. The van der Waals surface area contributed by atoms with Crippen LogP contribution >= 0.6 is 11.3 Å². The smallest absolute Gasteiger partial charge is 0.234 e. The first-order valence-electron chi connectivity index (χ1n) is 11.1. The fourth-order valence-electron chi connectivity index (χ4n) is 3.82. The van der Waals surface area contributed by atoms with E-state index in [1.54, 1.807) is 0 Å². The maximum Gasteiger partial charge on any atom is 0.234 e. The maximum atomic E-state index is 12.4. The van der Waals surface area contributed by atoms with Crippen molar-refractivity contribution in [1.82, 2.24) is 20.1 Å². The minimum atomic E-state index is -0.105. The fraction of sp³-hybridized carbons (Fsp3) is 0.320. The number of carbonyl (C=O) groups is 2. The minimum Gasteiger partial charge on any atom is -0.351 e. The van der Waals surface area contributed by atoms with Gasteiger partial charge in [0.05, 0.1) is 6.54 Å². The number of nitrogens with one attached hydrogen (secondary N) is 2. The molecule has 2 aromatic carbocycles. The molecule has 0 atom stereocenters. The first-order chi connectivity index (χ1) is 16.0. The second kappa shape index (κ2) is 11.2. The van der Waals surface area contributed by atoms with Gasteiger partial charge in [0.15, 0.2) is 5.13 Å². The molecule has 0 saturated carbocycles. The van der Waals surface area contributed by atoms with E-state index in [0.29, 0.717) is 18.2 Å². The van der Waals surface area contributed by atoms with Gasteiger partial charge in [-0.25, -0.2) is 4.98 Å². The Bertz CT molecular complexity index is 1060. The summed E-state index contributed by atoms with van der Waals surface area (Å²) in [5.41, 5.74) is 3.46. The number of thiazole rings is 1. The Balaban J connectivity index is 1.16. The molecule has 2 N–H and O–H groups in total. The Morgan fingerprint density at radius 1 is 0.939 bits per heavy atom. The molecule has 0 bridgehead atoms. The third-order valence-corrected chi connectivity index (χ3v) is 6.50. The third kappa shape index (κ3) is 6.95. The van der Waals surface area contributed by atoms with Crippen molar-refractivity contribution >= 4 is 28.3 Å². The number of nitrogens with zero attached hydrogens (tertiary/aromatic N) is 3. The normalized spacial score (nSPS) is 14.7. The molecule has 1 aromatic heterocycles. The Hall–Kier alpha value is -3.07. The van der Waals surface area contributed by atoms with Crippen LogP contribution in [0, 0.1) is 0 Å². The summed E-state index contributed by atoms with van der Waals surface area (Å²) in [6, 6.07) is 18.6. The monoisotopic (exact) mass is 463 g/mol. The SMILES string of the molecule is CC(=O)Nc1ncc(CN2CCN(CC(=O)NCc3ccc(-c4ccccc4)cc3)CC2)s1. The van der Waals surface area contributed by atoms with Gasteiger partial charge in [-0.15, -0.1) is 11.3 Å². The van der Waals surface area contributed by atoms with Crippen molar-refractivity contribution in [3.63, 3.8) is 0 Å².